The Morgan fingerprint density at radius 3 is 2.65 bits per heavy atom. The zero-order valence-electron chi connectivity index (χ0n) is 12.1. The highest BCUT2D eigenvalue weighted by Crippen LogP contribution is 2.22. The van der Waals surface area contributed by atoms with Crippen LogP contribution in [0.3, 0.4) is 0 Å². The highest BCUT2D eigenvalue weighted by Gasteiger charge is 2.32. The van der Waals surface area contributed by atoms with Gasteiger partial charge in [0.1, 0.15) is 0 Å². The van der Waals surface area contributed by atoms with E-state index in [0.29, 0.717) is 11.6 Å². The highest BCUT2D eigenvalue weighted by atomic mass is 16.5. The molecule has 0 aromatic heterocycles. The monoisotopic (exact) mass is 242 g/mol. The molecule has 0 aromatic carbocycles. The van der Waals surface area contributed by atoms with Crippen LogP contribution in [0.5, 0.6) is 0 Å². The molecule has 1 unspecified atom stereocenters. The van der Waals surface area contributed by atoms with E-state index in [1.165, 1.54) is 32.4 Å². The van der Waals surface area contributed by atoms with Gasteiger partial charge in [0, 0.05) is 38.4 Å². The lowest BCUT2D eigenvalue weighted by Crippen LogP contribution is -2.51. The zero-order chi connectivity index (χ0) is 12.7. The van der Waals surface area contributed by atoms with Crippen molar-refractivity contribution in [3.05, 3.63) is 0 Å². The fraction of sp³-hybridized carbons (Fsp3) is 1.00. The lowest BCUT2D eigenvalue weighted by molar-refractivity contribution is 0.131. The van der Waals surface area contributed by atoms with Gasteiger partial charge in [0.2, 0.25) is 0 Å². The average molecular weight is 242 g/mol. The van der Waals surface area contributed by atoms with Crippen molar-refractivity contribution in [2.45, 2.75) is 58.0 Å². The quantitative estimate of drug-likeness (QED) is 0.723. The first kappa shape index (κ1) is 14.9. The highest BCUT2D eigenvalue weighted by molar-refractivity contribution is 4.93. The van der Waals surface area contributed by atoms with Gasteiger partial charge < -0.3 is 10.1 Å². The first-order valence-corrected chi connectivity index (χ1v) is 7.15. The fourth-order valence-electron chi connectivity index (χ4n) is 2.76. The molecule has 3 heteroatoms. The zero-order valence-corrected chi connectivity index (χ0v) is 12.1. The van der Waals surface area contributed by atoms with Crippen molar-refractivity contribution in [3.63, 3.8) is 0 Å². The van der Waals surface area contributed by atoms with E-state index >= 15 is 0 Å². The third-order valence-corrected chi connectivity index (χ3v) is 4.34. The maximum Gasteiger partial charge on any atom is 0.0474 e. The minimum Gasteiger partial charge on any atom is -0.385 e. The van der Waals surface area contributed by atoms with Crippen molar-refractivity contribution < 1.29 is 4.74 Å². The molecule has 1 fully saturated rings. The number of rotatable bonds is 6. The second kappa shape index (κ2) is 7.34. The molecule has 1 atom stereocenters. The van der Waals surface area contributed by atoms with Crippen LogP contribution in [-0.4, -0.2) is 49.8 Å². The summed E-state index contributed by atoms with van der Waals surface area (Å²) in [6.07, 6.45) is 4.84. The van der Waals surface area contributed by atoms with Crippen molar-refractivity contribution >= 4 is 0 Å². The van der Waals surface area contributed by atoms with Gasteiger partial charge in [0.25, 0.3) is 0 Å². The topological polar surface area (TPSA) is 24.5 Å². The molecule has 0 radical (unpaired) electrons. The molecule has 3 nitrogen and oxygen atoms in total. The summed E-state index contributed by atoms with van der Waals surface area (Å²) in [6.45, 7) is 11.4. The van der Waals surface area contributed by atoms with E-state index in [4.69, 9.17) is 4.74 Å². The number of nitrogens with one attached hydrogen (secondary N) is 1. The summed E-state index contributed by atoms with van der Waals surface area (Å²) in [5.41, 5.74) is 0.331. The van der Waals surface area contributed by atoms with Crippen LogP contribution in [0, 0.1) is 0 Å². The summed E-state index contributed by atoms with van der Waals surface area (Å²) in [7, 11) is 1.79. The molecule has 1 aliphatic rings. The van der Waals surface area contributed by atoms with E-state index in [2.05, 4.69) is 31.0 Å². The van der Waals surface area contributed by atoms with Crippen LogP contribution in [-0.2, 0) is 4.74 Å². The van der Waals surface area contributed by atoms with Gasteiger partial charge in [-0.2, -0.15) is 0 Å². The molecule has 0 aromatic rings. The Labute approximate surface area is 107 Å². The summed E-state index contributed by atoms with van der Waals surface area (Å²) in [4.78, 5) is 2.64. The van der Waals surface area contributed by atoms with Crippen LogP contribution in [0.4, 0.5) is 0 Å². The lowest BCUT2D eigenvalue weighted by Gasteiger charge is -2.37. The smallest absolute Gasteiger partial charge is 0.0474 e. The Morgan fingerprint density at radius 1 is 1.35 bits per heavy atom. The second-order valence-electron chi connectivity index (χ2n) is 5.37. The molecule has 0 aliphatic carbocycles. The van der Waals surface area contributed by atoms with Gasteiger partial charge in [-0.3, -0.25) is 4.90 Å². The molecule has 0 spiro atoms. The number of hydrogen-bond acceptors (Lipinski definition) is 3. The van der Waals surface area contributed by atoms with Gasteiger partial charge >= 0.3 is 0 Å². The molecular weight excluding hydrogens is 212 g/mol. The third kappa shape index (κ3) is 4.23. The second-order valence-corrected chi connectivity index (χ2v) is 5.37. The van der Waals surface area contributed by atoms with Crippen molar-refractivity contribution in [2.24, 2.45) is 0 Å². The van der Waals surface area contributed by atoms with E-state index in [9.17, 15) is 0 Å². The molecule has 102 valence electrons. The van der Waals surface area contributed by atoms with Gasteiger partial charge in [-0.15, -0.1) is 0 Å². The number of ether oxygens (including phenoxy) is 1. The van der Waals surface area contributed by atoms with Crippen LogP contribution >= 0.6 is 0 Å². The molecule has 1 N–H and O–H groups in total. The fourth-order valence-corrected chi connectivity index (χ4v) is 2.76. The molecule has 17 heavy (non-hydrogen) atoms. The Morgan fingerprint density at radius 2 is 2.06 bits per heavy atom. The average Bonchev–Trinajstić information content (AvgIpc) is 2.50. The molecule has 1 aliphatic heterocycles. The predicted octanol–water partition coefficient (Wildman–Crippen LogP) is 2.27. The molecular formula is C14H30N2O. The summed E-state index contributed by atoms with van der Waals surface area (Å²) < 4.78 is 5.16. The van der Waals surface area contributed by atoms with E-state index in [0.717, 1.165) is 19.6 Å². The van der Waals surface area contributed by atoms with Crippen LogP contribution in [0.1, 0.15) is 46.5 Å². The Kier molecular flexibility index (Phi) is 6.45. The minimum absolute atomic E-state index is 0.331. The summed E-state index contributed by atoms with van der Waals surface area (Å²) in [5.74, 6) is 0. The SMILES string of the molecule is CCC1(CC)CN(CCCOC)C(C)CCN1. The Hall–Kier alpha value is -0.120. The van der Waals surface area contributed by atoms with Crippen molar-refractivity contribution in [3.8, 4) is 0 Å². The van der Waals surface area contributed by atoms with E-state index in [1.54, 1.807) is 7.11 Å². The van der Waals surface area contributed by atoms with E-state index in [-0.39, 0.29) is 0 Å². The molecule has 0 bridgehead atoms. The first-order valence-electron chi connectivity index (χ1n) is 7.15. The summed E-state index contributed by atoms with van der Waals surface area (Å²) >= 11 is 0. The number of hydrogen-bond donors (Lipinski definition) is 1. The van der Waals surface area contributed by atoms with Gasteiger partial charge in [0.15, 0.2) is 0 Å². The summed E-state index contributed by atoms with van der Waals surface area (Å²) in [6, 6.07) is 0.694. The van der Waals surface area contributed by atoms with Crippen LogP contribution in [0.15, 0.2) is 0 Å². The standard InChI is InChI=1S/C14H30N2O/c1-5-14(6-2)12-16(10-7-11-17-4)13(3)8-9-15-14/h13,15H,5-12H2,1-4H3. The Bertz CT molecular complexity index is 204. The van der Waals surface area contributed by atoms with E-state index in [1.807, 2.05) is 0 Å². The number of nitrogens with zero attached hydrogens (tertiary/aromatic N) is 1. The Balaban J connectivity index is 2.58. The lowest BCUT2D eigenvalue weighted by atomic mass is 9.92. The number of methoxy groups -OCH3 is 1. The minimum atomic E-state index is 0.331. The maximum absolute atomic E-state index is 5.16. The molecule has 1 rings (SSSR count). The predicted molar refractivity (Wildman–Crippen MR) is 73.5 cm³/mol. The maximum atomic E-state index is 5.16. The van der Waals surface area contributed by atoms with Crippen molar-refractivity contribution in [1.82, 2.24) is 10.2 Å². The molecule has 0 amide bonds. The van der Waals surface area contributed by atoms with Gasteiger partial charge in [-0.1, -0.05) is 13.8 Å². The van der Waals surface area contributed by atoms with Crippen LogP contribution in [0.25, 0.3) is 0 Å². The van der Waals surface area contributed by atoms with Crippen LogP contribution < -0.4 is 5.32 Å². The van der Waals surface area contributed by atoms with E-state index < -0.39 is 0 Å². The third-order valence-electron chi connectivity index (χ3n) is 4.34. The van der Waals surface area contributed by atoms with Gasteiger partial charge in [-0.05, 0) is 39.2 Å². The summed E-state index contributed by atoms with van der Waals surface area (Å²) in [5, 5.41) is 3.77. The van der Waals surface area contributed by atoms with Crippen molar-refractivity contribution in [2.75, 3.05) is 33.4 Å². The first-order chi connectivity index (χ1) is 8.17. The van der Waals surface area contributed by atoms with Gasteiger partial charge in [0.05, 0.1) is 0 Å². The molecule has 1 saturated heterocycles. The van der Waals surface area contributed by atoms with Gasteiger partial charge in [-0.25, -0.2) is 0 Å². The molecule has 0 saturated carbocycles. The van der Waals surface area contributed by atoms with Crippen LogP contribution in [0.2, 0.25) is 0 Å². The molecule has 1 heterocycles. The largest absolute Gasteiger partial charge is 0.385 e. The van der Waals surface area contributed by atoms with Crippen molar-refractivity contribution in [1.29, 1.82) is 0 Å². The normalized spacial score (nSPS) is 25.8.